The van der Waals surface area contributed by atoms with E-state index < -0.39 is 0 Å². The minimum atomic E-state index is 0.0631. The molecule has 2 heterocycles. The minimum absolute atomic E-state index is 0.0631. The molecule has 3 rings (SSSR count). The van der Waals surface area contributed by atoms with Gasteiger partial charge in [0.15, 0.2) is 5.13 Å². The molecule has 0 spiro atoms. The van der Waals surface area contributed by atoms with Gasteiger partial charge in [-0.15, -0.1) is 11.3 Å². The van der Waals surface area contributed by atoms with E-state index in [0.717, 1.165) is 36.4 Å². The summed E-state index contributed by atoms with van der Waals surface area (Å²) in [6.07, 6.45) is 4.19. The first-order valence-corrected chi connectivity index (χ1v) is 9.10. The molecule has 1 aromatic carbocycles. The van der Waals surface area contributed by atoms with Crippen LogP contribution in [0.4, 0.5) is 5.13 Å². The number of carbonyl (C=O) groups is 1. The summed E-state index contributed by atoms with van der Waals surface area (Å²) in [5, 5.41) is 7.95. The number of thiazole rings is 1. The zero-order chi connectivity index (χ0) is 16.2. The number of rotatable bonds is 4. The summed E-state index contributed by atoms with van der Waals surface area (Å²) in [5.74, 6) is 0.138. The molecule has 122 valence electrons. The van der Waals surface area contributed by atoms with Gasteiger partial charge < -0.3 is 10.6 Å². The van der Waals surface area contributed by atoms with Gasteiger partial charge in [0.2, 0.25) is 5.91 Å². The molecule has 4 nitrogen and oxygen atoms in total. The zero-order valence-corrected chi connectivity index (χ0v) is 14.8. The number of hydrogen-bond acceptors (Lipinski definition) is 4. The van der Waals surface area contributed by atoms with Crippen LogP contribution in [-0.2, 0) is 11.2 Å². The zero-order valence-electron chi connectivity index (χ0n) is 12.4. The van der Waals surface area contributed by atoms with E-state index in [-0.39, 0.29) is 11.8 Å². The standard InChI is InChI=1S/C16H17Cl2N3OS/c17-13-3-1-2-11(14(13)18)8-12-9-20-16(23-12)21-15(22)10-4-6-19-7-5-10/h1-3,9-10,19H,4-8H2,(H,20,21,22). The molecule has 1 aliphatic heterocycles. The van der Waals surface area contributed by atoms with Gasteiger partial charge in [0, 0.05) is 23.4 Å². The molecule has 1 amide bonds. The van der Waals surface area contributed by atoms with E-state index in [1.807, 2.05) is 12.1 Å². The number of amides is 1. The van der Waals surface area contributed by atoms with Gasteiger partial charge in [0.05, 0.1) is 10.0 Å². The third kappa shape index (κ3) is 4.23. The van der Waals surface area contributed by atoms with Crippen molar-refractivity contribution in [2.24, 2.45) is 5.92 Å². The lowest BCUT2D eigenvalue weighted by Gasteiger charge is -2.20. The maximum Gasteiger partial charge on any atom is 0.229 e. The Bertz CT molecular complexity index is 698. The highest BCUT2D eigenvalue weighted by Gasteiger charge is 2.21. The number of aromatic nitrogens is 1. The Labute approximate surface area is 149 Å². The molecule has 2 aromatic rings. The Kier molecular flexibility index (Phi) is 5.54. The monoisotopic (exact) mass is 369 g/mol. The summed E-state index contributed by atoms with van der Waals surface area (Å²) < 4.78 is 0. The van der Waals surface area contributed by atoms with Crippen LogP contribution in [0.3, 0.4) is 0 Å². The first-order valence-electron chi connectivity index (χ1n) is 7.52. The molecule has 0 atom stereocenters. The number of anilines is 1. The molecule has 1 fully saturated rings. The van der Waals surface area contributed by atoms with Crippen LogP contribution >= 0.6 is 34.5 Å². The Morgan fingerprint density at radius 1 is 1.35 bits per heavy atom. The predicted octanol–water partition coefficient (Wildman–Crippen LogP) is 3.98. The van der Waals surface area contributed by atoms with Gasteiger partial charge in [-0.2, -0.15) is 0 Å². The molecule has 0 unspecified atom stereocenters. The van der Waals surface area contributed by atoms with E-state index in [1.165, 1.54) is 11.3 Å². The molecule has 0 aliphatic carbocycles. The summed E-state index contributed by atoms with van der Waals surface area (Å²) >= 11 is 13.7. The number of nitrogens with one attached hydrogen (secondary N) is 2. The summed E-state index contributed by atoms with van der Waals surface area (Å²) in [6, 6.07) is 5.59. The Balaban J connectivity index is 1.63. The molecule has 0 saturated carbocycles. The summed E-state index contributed by atoms with van der Waals surface area (Å²) in [6.45, 7) is 1.79. The maximum atomic E-state index is 12.2. The van der Waals surface area contributed by atoms with Gasteiger partial charge in [0.25, 0.3) is 0 Å². The van der Waals surface area contributed by atoms with Crippen LogP contribution in [0.2, 0.25) is 10.0 Å². The molecular weight excluding hydrogens is 353 g/mol. The van der Waals surface area contributed by atoms with Crippen LogP contribution in [0.1, 0.15) is 23.3 Å². The quantitative estimate of drug-likeness (QED) is 0.856. The molecular formula is C16H17Cl2N3OS. The van der Waals surface area contributed by atoms with Crippen LogP contribution in [0, 0.1) is 5.92 Å². The normalized spacial score (nSPS) is 15.6. The number of nitrogens with zero attached hydrogens (tertiary/aromatic N) is 1. The largest absolute Gasteiger partial charge is 0.317 e. The minimum Gasteiger partial charge on any atom is -0.317 e. The van der Waals surface area contributed by atoms with E-state index in [9.17, 15) is 4.79 Å². The van der Waals surface area contributed by atoms with Crippen molar-refractivity contribution >= 4 is 45.6 Å². The van der Waals surface area contributed by atoms with Crippen molar-refractivity contribution in [3.05, 3.63) is 44.9 Å². The van der Waals surface area contributed by atoms with Gasteiger partial charge in [-0.3, -0.25) is 4.79 Å². The molecule has 2 N–H and O–H groups in total. The average molecular weight is 370 g/mol. The van der Waals surface area contributed by atoms with E-state index in [4.69, 9.17) is 23.2 Å². The second-order valence-electron chi connectivity index (χ2n) is 5.53. The summed E-state index contributed by atoms with van der Waals surface area (Å²) in [4.78, 5) is 17.6. The van der Waals surface area contributed by atoms with E-state index in [0.29, 0.717) is 21.6 Å². The van der Waals surface area contributed by atoms with Crippen molar-refractivity contribution in [2.75, 3.05) is 18.4 Å². The number of hydrogen-bond donors (Lipinski definition) is 2. The Morgan fingerprint density at radius 2 is 2.13 bits per heavy atom. The maximum absolute atomic E-state index is 12.2. The highest BCUT2D eigenvalue weighted by atomic mass is 35.5. The van der Waals surface area contributed by atoms with Gasteiger partial charge >= 0.3 is 0 Å². The number of carbonyl (C=O) groups excluding carboxylic acids is 1. The predicted molar refractivity (Wildman–Crippen MR) is 95.6 cm³/mol. The van der Waals surface area contributed by atoms with Crippen molar-refractivity contribution < 1.29 is 4.79 Å². The van der Waals surface area contributed by atoms with Crippen molar-refractivity contribution in [3.63, 3.8) is 0 Å². The van der Waals surface area contributed by atoms with Crippen molar-refractivity contribution in [2.45, 2.75) is 19.3 Å². The summed E-state index contributed by atoms with van der Waals surface area (Å²) in [7, 11) is 0. The second kappa shape index (κ2) is 7.62. The summed E-state index contributed by atoms with van der Waals surface area (Å²) in [5.41, 5.74) is 0.957. The van der Waals surface area contributed by atoms with Crippen LogP contribution in [0.5, 0.6) is 0 Å². The van der Waals surface area contributed by atoms with Gasteiger partial charge in [0.1, 0.15) is 0 Å². The van der Waals surface area contributed by atoms with Gasteiger partial charge in [-0.1, -0.05) is 35.3 Å². The van der Waals surface area contributed by atoms with Crippen LogP contribution < -0.4 is 10.6 Å². The molecule has 1 aromatic heterocycles. The lowest BCUT2D eigenvalue weighted by atomic mass is 9.97. The highest BCUT2D eigenvalue weighted by Crippen LogP contribution is 2.29. The molecule has 23 heavy (non-hydrogen) atoms. The number of halogens is 2. The first-order chi connectivity index (χ1) is 11.1. The first kappa shape index (κ1) is 16.7. The van der Waals surface area contributed by atoms with E-state index in [2.05, 4.69) is 15.6 Å². The fraction of sp³-hybridized carbons (Fsp3) is 0.375. The fourth-order valence-electron chi connectivity index (χ4n) is 2.61. The SMILES string of the molecule is O=C(Nc1ncc(Cc2cccc(Cl)c2Cl)s1)C1CCNCC1. The molecule has 0 radical (unpaired) electrons. The third-order valence-corrected chi connectivity index (χ3v) is 5.66. The topological polar surface area (TPSA) is 54.0 Å². The third-order valence-electron chi connectivity index (χ3n) is 3.89. The second-order valence-corrected chi connectivity index (χ2v) is 7.44. The van der Waals surface area contributed by atoms with E-state index >= 15 is 0 Å². The Morgan fingerprint density at radius 3 is 2.91 bits per heavy atom. The lowest BCUT2D eigenvalue weighted by Crippen LogP contribution is -2.34. The van der Waals surface area contributed by atoms with Crippen molar-refractivity contribution in [1.82, 2.24) is 10.3 Å². The van der Waals surface area contributed by atoms with Crippen LogP contribution in [0.25, 0.3) is 0 Å². The smallest absolute Gasteiger partial charge is 0.229 e. The van der Waals surface area contributed by atoms with Crippen LogP contribution in [0.15, 0.2) is 24.4 Å². The highest BCUT2D eigenvalue weighted by molar-refractivity contribution is 7.15. The fourth-order valence-corrected chi connectivity index (χ4v) is 3.84. The average Bonchev–Trinajstić information content (AvgIpc) is 3.00. The molecule has 7 heteroatoms. The van der Waals surface area contributed by atoms with E-state index in [1.54, 1.807) is 12.3 Å². The lowest BCUT2D eigenvalue weighted by molar-refractivity contribution is -0.120. The van der Waals surface area contributed by atoms with Gasteiger partial charge in [-0.05, 0) is 37.6 Å². The van der Waals surface area contributed by atoms with Crippen molar-refractivity contribution in [3.8, 4) is 0 Å². The van der Waals surface area contributed by atoms with Crippen LogP contribution in [-0.4, -0.2) is 24.0 Å². The number of benzene rings is 1. The molecule has 1 saturated heterocycles. The number of piperidine rings is 1. The van der Waals surface area contributed by atoms with Gasteiger partial charge in [-0.25, -0.2) is 4.98 Å². The van der Waals surface area contributed by atoms with Crippen molar-refractivity contribution in [1.29, 1.82) is 0 Å². The Hall–Kier alpha value is -1.14. The molecule has 0 bridgehead atoms. The molecule has 1 aliphatic rings.